The standard InChI is InChI=1S/C22H19ClF4N2O3/c23-16-6-5-15(8-17(16)24)32-9-19(31)29-21-10-20(11-21,12-21)28-18(30)7-13-1-3-14(4-2-13)22(25,26)27/h1-6,8H,7,9-12H2,(H,28,30)(H,29,31). The van der Waals surface area contributed by atoms with Crippen LogP contribution in [0, 0.1) is 5.82 Å². The van der Waals surface area contributed by atoms with Crippen LogP contribution < -0.4 is 15.4 Å². The summed E-state index contributed by atoms with van der Waals surface area (Å²) in [6, 6.07) is 8.38. The summed E-state index contributed by atoms with van der Waals surface area (Å²) in [5.74, 6) is -1.09. The summed E-state index contributed by atoms with van der Waals surface area (Å²) in [7, 11) is 0. The van der Waals surface area contributed by atoms with E-state index < -0.39 is 28.6 Å². The number of hydrogen-bond donors (Lipinski definition) is 2. The summed E-state index contributed by atoms with van der Waals surface area (Å²) in [4.78, 5) is 24.4. The van der Waals surface area contributed by atoms with E-state index in [4.69, 9.17) is 16.3 Å². The van der Waals surface area contributed by atoms with Crippen molar-refractivity contribution in [1.29, 1.82) is 0 Å². The first kappa shape index (κ1) is 22.4. The number of amides is 2. The van der Waals surface area contributed by atoms with Crippen molar-refractivity contribution >= 4 is 23.4 Å². The third-order valence-electron chi connectivity index (χ3n) is 5.75. The van der Waals surface area contributed by atoms with E-state index in [0.29, 0.717) is 24.8 Å². The molecular formula is C22H19ClF4N2O3. The van der Waals surface area contributed by atoms with Crippen LogP contribution in [0.2, 0.25) is 5.02 Å². The molecule has 0 heterocycles. The summed E-state index contributed by atoms with van der Waals surface area (Å²) in [6.07, 6.45) is -2.73. The van der Waals surface area contributed by atoms with Gasteiger partial charge >= 0.3 is 6.18 Å². The molecule has 170 valence electrons. The first-order valence-electron chi connectivity index (χ1n) is 9.84. The molecule has 0 radical (unpaired) electrons. The van der Waals surface area contributed by atoms with Gasteiger partial charge in [0.25, 0.3) is 5.91 Å². The maximum atomic E-state index is 13.4. The average Bonchev–Trinajstić information content (AvgIpc) is 2.66. The largest absolute Gasteiger partial charge is 0.484 e. The highest BCUT2D eigenvalue weighted by atomic mass is 35.5. The smallest absolute Gasteiger partial charge is 0.416 e. The number of halogens is 5. The van der Waals surface area contributed by atoms with Gasteiger partial charge in [0.05, 0.1) is 17.0 Å². The number of nitrogens with one attached hydrogen (secondary N) is 2. The Morgan fingerprint density at radius 2 is 1.56 bits per heavy atom. The third kappa shape index (κ3) is 4.67. The summed E-state index contributed by atoms with van der Waals surface area (Å²) in [5.41, 5.74) is -1.06. The fourth-order valence-corrected chi connectivity index (χ4v) is 4.55. The van der Waals surface area contributed by atoms with Gasteiger partial charge in [0, 0.05) is 17.1 Å². The summed E-state index contributed by atoms with van der Waals surface area (Å²) >= 11 is 5.60. The Labute approximate surface area is 186 Å². The van der Waals surface area contributed by atoms with Crippen LogP contribution >= 0.6 is 11.6 Å². The Morgan fingerprint density at radius 1 is 0.969 bits per heavy atom. The van der Waals surface area contributed by atoms with Gasteiger partial charge in [-0.25, -0.2) is 4.39 Å². The molecule has 5 nitrogen and oxygen atoms in total. The Morgan fingerprint density at radius 3 is 2.12 bits per heavy atom. The van der Waals surface area contributed by atoms with Crippen molar-refractivity contribution in [3.05, 3.63) is 64.4 Å². The lowest BCUT2D eigenvalue weighted by atomic mass is 9.44. The molecule has 3 saturated carbocycles. The molecule has 0 spiro atoms. The van der Waals surface area contributed by atoms with Gasteiger partial charge in [0.2, 0.25) is 5.91 Å². The lowest BCUT2D eigenvalue weighted by Gasteiger charge is -2.70. The van der Waals surface area contributed by atoms with Crippen LogP contribution in [0.25, 0.3) is 0 Å². The molecule has 10 heteroatoms. The maximum absolute atomic E-state index is 13.4. The van der Waals surface area contributed by atoms with E-state index in [1.54, 1.807) is 0 Å². The Hall–Kier alpha value is -2.81. The second-order valence-corrected chi connectivity index (χ2v) is 8.83. The predicted octanol–water partition coefficient (Wildman–Crippen LogP) is 4.03. The van der Waals surface area contributed by atoms with Crippen molar-refractivity contribution in [3.63, 3.8) is 0 Å². The van der Waals surface area contributed by atoms with E-state index in [-0.39, 0.29) is 35.6 Å². The zero-order valence-corrected chi connectivity index (χ0v) is 17.4. The SMILES string of the molecule is O=C(COc1ccc(Cl)c(F)c1)NC12CC(NC(=O)Cc3ccc(C(F)(F)F)cc3)(C1)C2. The lowest BCUT2D eigenvalue weighted by Crippen LogP contribution is -2.84. The highest BCUT2D eigenvalue weighted by Gasteiger charge is 2.69. The quantitative estimate of drug-likeness (QED) is 0.600. The number of alkyl halides is 3. The second kappa shape index (κ2) is 7.95. The molecule has 2 N–H and O–H groups in total. The van der Waals surface area contributed by atoms with Crippen LogP contribution in [-0.4, -0.2) is 29.5 Å². The van der Waals surface area contributed by atoms with Crippen LogP contribution in [0.5, 0.6) is 5.75 Å². The van der Waals surface area contributed by atoms with Crippen LogP contribution in [0.15, 0.2) is 42.5 Å². The molecule has 0 aliphatic heterocycles. The summed E-state index contributed by atoms with van der Waals surface area (Å²) in [5, 5.41) is 5.76. The number of carbonyl (C=O) groups excluding carboxylic acids is 2. The molecule has 32 heavy (non-hydrogen) atoms. The van der Waals surface area contributed by atoms with Gasteiger partial charge in [-0.1, -0.05) is 23.7 Å². The van der Waals surface area contributed by atoms with Crippen molar-refractivity contribution in [2.75, 3.05) is 6.61 Å². The monoisotopic (exact) mass is 470 g/mol. The molecule has 2 aromatic carbocycles. The van der Waals surface area contributed by atoms with Gasteiger partial charge in [-0.3, -0.25) is 9.59 Å². The normalized spacial score (nSPS) is 23.5. The number of carbonyl (C=O) groups is 2. The molecule has 0 aromatic heterocycles. The first-order valence-corrected chi connectivity index (χ1v) is 10.2. The fraction of sp³-hybridized carbons (Fsp3) is 0.364. The maximum Gasteiger partial charge on any atom is 0.416 e. The van der Waals surface area contributed by atoms with Gasteiger partial charge in [0.15, 0.2) is 6.61 Å². The average molecular weight is 471 g/mol. The highest BCUT2D eigenvalue weighted by molar-refractivity contribution is 6.30. The molecule has 2 aromatic rings. The van der Waals surface area contributed by atoms with Crippen molar-refractivity contribution in [2.45, 2.75) is 42.9 Å². The van der Waals surface area contributed by atoms with Crippen LogP contribution in [-0.2, 0) is 22.2 Å². The molecule has 0 atom stereocenters. The molecule has 2 amide bonds. The zero-order chi connectivity index (χ0) is 23.1. The molecule has 3 aliphatic carbocycles. The lowest BCUT2D eigenvalue weighted by molar-refractivity contribution is -0.150. The molecule has 3 fully saturated rings. The molecule has 0 unspecified atom stereocenters. The van der Waals surface area contributed by atoms with Crippen molar-refractivity contribution in [2.24, 2.45) is 0 Å². The Bertz CT molecular complexity index is 1040. The minimum absolute atomic E-state index is 0.0231. The Balaban J connectivity index is 1.20. The first-order chi connectivity index (χ1) is 15.0. The van der Waals surface area contributed by atoms with E-state index in [1.165, 1.54) is 24.3 Å². The van der Waals surface area contributed by atoms with E-state index in [9.17, 15) is 27.2 Å². The number of rotatable bonds is 7. The predicted molar refractivity (Wildman–Crippen MR) is 108 cm³/mol. The van der Waals surface area contributed by atoms with Gasteiger partial charge in [-0.05, 0) is 49.1 Å². The topological polar surface area (TPSA) is 67.4 Å². The number of ether oxygens (including phenoxy) is 1. The van der Waals surface area contributed by atoms with Gasteiger partial charge in [0.1, 0.15) is 11.6 Å². The van der Waals surface area contributed by atoms with Crippen LogP contribution in [0.4, 0.5) is 17.6 Å². The molecule has 5 rings (SSSR count). The summed E-state index contributed by atoms with van der Waals surface area (Å²) in [6.45, 7) is -0.282. The molecular weight excluding hydrogens is 452 g/mol. The fourth-order valence-electron chi connectivity index (χ4n) is 4.44. The van der Waals surface area contributed by atoms with Crippen molar-refractivity contribution < 1.29 is 31.9 Å². The minimum Gasteiger partial charge on any atom is -0.484 e. The number of hydrogen-bond acceptors (Lipinski definition) is 3. The minimum atomic E-state index is -4.42. The Kier molecular flexibility index (Phi) is 5.56. The molecule has 2 bridgehead atoms. The molecule has 0 saturated heterocycles. The third-order valence-corrected chi connectivity index (χ3v) is 6.05. The second-order valence-electron chi connectivity index (χ2n) is 8.42. The van der Waals surface area contributed by atoms with Gasteiger partial charge in [-0.15, -0.1) is 0 Å². The highest BCUT2D eigenvalue weighted by Crippen LogP contribution is 2.60. The van der Waals surface area contributed by atoms with E-state index in [1.807, 2.05) is 0 Å². The molecule has 3 aliphatic rings. The van der Waals surface area contributed by atoms with Crippen LogP contribution in [0.3, 0.4) is 0 Å². The van der Waals surface area contributed by atoms with Gasteiger partial charge in [-0.2, -0.15) is 13.2 Å². The van der Waals surface area contributed by atoms with Crippen LogP contribution in [0.1, 0.15) is 30.4 Å². The zero-order valence-electron chi connectivity index (χ0n) is 16.7. The van der Waals surface area contributed by atoms with E-state index in [2.05, 4.69) is 10.6 Å². The summed E-state index contributed by atoms with van der Waals surface area (Å²) < 4.78 is 56.5. The van der Waals surface area contributed by atoms with E-state index >= 15 is 0 Å². The number of benzene rings is 2. The van der Waals surface area contributed by atoms with Gasteiger partial charge < -0.3 is 15.4 Å². The van der Waals surface area contributed by atoms with Crippen molar-refractivity contribution in [1.82, 2.24) is 10.6 Å². The van der Waals surface area contributed by atoms with E-state index in [0.717, 1.165) is 18.2 Å². The van der Waals surface area contributed by atoms with Crippen molar-refractivity contribution in [3.8, 4) is 5.75 Å².